The Morgan fingerprint density at radius 3 is 1.84 bits per heavy atom. The Morgan fingerprint density at radius 2 is 1.37 bits per heavy atom. The number of hydrogen-bond acceptors (Lipinski definition) is 10. The third-order valence-corrected chi connectivity index (χ3v) is 14.2. The van der Waals surface area contributed by atoms with Crippen LogP contribution in [0.15, 0.2) is 46.4 Å². The summed E-state index contributed by atoms with van der Waals surface area (Å²) in [7, 11) is -20.2. The summed E-state index contributed by atoms with van der Waals surface area (Å²) in [6.07, 6.45) is 1.21. The summed E-state index contributed by atoms with van der Waals surface area (Å²) >= 11 is 0. The first kappa shape index (κ1) is 30.2. The molecule has 2 aliphatic rings. The highest BCUT2D eigenvalue weighted by Gasteiger charge is 2.51. The van der Waals surface area contributed by atoms with E-state index in [1.807, 2.05) is 0 Å². The monoisotopic (exact) mass is 612 g/mol. The van der Waals surface area contributed by atoms with Gasteiger partial charge in [0.15, 0.2) is 11.6 Å². The molecule has 14 nitrogen and oxygen atoms in total. The summed E-state index contributed by atoms with van der Waals surface area (Å²) in [5.41, 5.74) is -1.20. The van der Waals surface area contributed by atoms with Crippen molar-refractivity contribution >= 4 is 52.2 Å². The fourth-order valence-electron chi connectivity index (χ4n) is 4.42. The largest absolute Gasteiger partial charge is 0.349 e. The van der Waals surface area contributed by atoms with Crippen molar-refractivity contribution in [2.75, 3.05) is 13.1 Å². The van der Waals surface area contributed by atoms with Crippen LogP contribution < -0.4 is 0 Å². The maximum absolute atomic E-state index is 13.5. The van der Waals surface area contributed by atoms with Crippen molar-refractivity contribution in [3.05, 3.63) is 52.6 Å². The summed E-state index contributed by atoms with van der Waals surface area (Å²) in [5, 5.41) is 0. The van der Waals surface area contributed by atoms with Gasteiger partial charge < -0.3 is 0 Å². The van der Waals surface area contributed by atoms with Gasteiger partial charge in [0.25, 0.3) is 10.0 Å². The zero-order chi connectivity index (χ0) is 29.1. The molecule has 18 heteroatoms. The van der Waals surface area contributed by atoms with E-state index in [9.17, 15) is 52.4 Å². The molecule has 3 rings (SSSR count). The normalized spacial score (nSPS) is 20.7. The van der Waals surface area contributed by atoms with Crippen LogP contribution in [0, 0.1) is 0 Å². The number of nitrogens with zero attached hydrogens (tertiary/aromatic N) is 2. The molecular weight excluding hydrogens is 588 g/mol. The summed E-state index contributed by atoms with van der Waals surface area (Å²) in [4.78, 5) is 25.9. The van der Waals surface area contributed by atoms with E-state index in [4.69, 9.17) is 0 Å². The van der Waals surface area contributed by atoms with E-state index in [1.165, 1.54) is 13.8 Å². The molecule has 0 aromatic heterocycles. The van der Waals surface area contributed by atoms with Crippen molar-refractivity contribution in [3.63, 3.8) is 0 Å². The third kappa shape index (κ3) is 4.68. The molecular formula is C20H24N2O12S4. The van der Waals surface area contributed by atoms with Crippen LogP contribution >= 0.6 is 0 Å². The highest BCUT2D eigenvalue weighted by atomic mass is 32.3. The van der Waals surface area contributed by atoms with Gasteiger partial charge in [0.1, 0.15) is 4.75 Å². The molecule has 2 N–H and O–H groups in total. The number of allylic oxidation sites excluding steroid dienone is 3. The average Bonchev–Trinajstić information content (AvgIpc) is 2.80. The Balaban J connectivity index is 2.17. The van der Waals surface area contributed by atoms with E-state index in [0.717, 1.165) is 37.3 Å². The minimum absolute atomic E-state index is 0.123. The van der Waals surface area contributed by atoms with Gasteiger partial charge >= 0.3 is 20.6 Å². The second-order valence-electron chi connectivity index (χ2n) is 8.33. The van der Waals surface area contributed by atoms with Crippen LogP contribution in [0.3, 0.4) is 0 Å². The van der Waals surface area contributed by atoms with Gasteiger partial charge in [-0.05, 0) is 24.6 Å². The Labute approximate surface area is 220 Å². The van der Waals surface area contributed by atoms with Crippen LogP contribution in [0.2, 0.25) is 0 Å². The van der Waals surface area contributed by atoms with Crippen molar-refractivity contribution in [1.29, 1.82) is 0 Å². The first-order valence-electron chi connectivity index (χ1n) is 11.0. The summed E-state index contributed by atoms with van der Waals surface area (Å²) < 4.78 is 116. The van der Waals surface area contributed by atoms with Crippen molar-refractivity contribution < 1.29 is 52.4 Å². The Hall–Kier alpha value is -2.32. The van der Waals surface area contributed by atoms with Gasteiger partial charge in [-0.1, -0.05) is 40.3 Å². The van der Waals surface area contributed by atoms with Crippen LogP contribution in [-0.4, -0.2) is 79.6 Å². The number of carbonyl (C=O) groups excluding carboxylic acids is 2. The van der Waals surface area contributed by atoms with E-state index < -0.39 is 86.9 Å². The molecule has 0 saturated heterocycles. The zero-order valence-electron chi connectivity index (χ0n) is 20.2. The van der Waals surface area contributed by atoms with Gasteiger partial charge in [-0.25, -0.2) is 16.8 Å². The van der Waals surface area contributed by atoms with E-state index in [2.05, 4.69) is 0 Å². The standard InChI is InChI=1S/C20H24N2O12S4/c1-4-20(36(27,28)22(6-3)38(32,33)34)10-9-15-17(12-20)19(24)16-11-13(7-8-14(16)18(15)23)35(25,26)21(5-2)37(29,30)31/h7-11H,4-6,12H2,1-3H3,(H,29,30,31)(H,32,33,34). The van der Waals surface area contributed by atoms with Gasteiger partial charge in [0, 0.05) is 41.8 Å². The summed E-state index contributed by atoms with van der Waals surface area (Å²) in [6.45, 7) is 2.38. The predicted molar refractivity (Wildman–Crippen MR) is 133 cm³/mol. The number of sulfonamides is 2. The molecule has 0 saturated carbocycles. The fourth-order valence-corrected chi connectivity index (χ4v) is 10.5. The van der Waals surface area contributed by atoms with Crippen LogP contribution in [0.25, 0.3) is 0 Å². The predicted octanol–water partition coefficient (Wildman–Crippen LogP) is 0.739. The van der Waals surface area contributed by atoms with Crippen molar-refractivity contribution in [1.82, 2.24) is 7.42 Å². The van der Waals surface area contributed by atoms with Crippen molar-refractivity contribution in [2.24, 2.45) is 0 Å². The molecule has 38 heavy (non-hydrogen) atoms. The smallest absolute Gasteiger partial charge is 0.289 e. The first-order valence-corrected chi connectivity index (χ1v) is 16.6. The lowest BCUT2D eigenvalue weighted by atomic mass is 9.76. The minimum Gasteiger partial charge on any atom is -0.289 e. The first-order chi connectivity index (χ1) is 17.3. The number of fused-ring (bicyclic) bond motifs is 1. The van der Waals surface area contributed by atoms with Gasteiger partial charge in [0.05, 0.1) is 4.90 Å². The molecule has 210 valence electrons. The third-order valence-electron chi connectivity index (χ3n) is 6.33. The quantitative estimate of drug-likeness (QED) is 0.369. The van der Waals surface area contributed by atoms with E-state index in [-0.39, 0.29) is 30.6 Å². The summed E-state index contributed by atoms with van der Waals surface area (Å²) in [5.74, 6) is -1.69. The van der Waals surface area contributed by atoms with Gasteiger partial charge in [0.2, 0.25) is 10.0 Å². The Kier molecular flexibility index (Phi) is 7.72. The summed E-state index contributed by atoms with van der Waals surface area (Å²) in [6, 6.07) is 2.63. The molecule has 1 unspecified atom stereocenters. The fraction of sp³-hybridized carbons (Fsp3) is 0.400. The maximum atomic E-state index is 13.5. The number of hydrogen-bond donors (Lipinski definition) is 2. The molecule has 0 bridgehead atoms. The molecule has 1 atom stereocenters. The number of Topliss-reactive ketones (excluding diaryl/α,β-unsaturated/α-hetero) is 2. The van der Waals surface area contributed by atoms with Gasteiger partial charge in [-0.3, -0.25) is 18.7 Å². The van der Waals surface area contributed by atoms with Crippen LogP contribution in [0.1, 0.15) is 54.3 Å². The SMILES string of the molecule is CCN(S(=O)(=O)O)S(=O)(=O)c1ccc2c(c1)C(=O)C1=C(C=CC(CC)(S(=O)(=O)N(CC)S(=O)(=O)O)C1)C2=O. The van der Waals surface area contributed by atoms with Crippen LogP contribution in [-0.2, 0) is 40.7 Å². The molecule has 0 amide bonds. The molecule has 1 aromatic rings. The van der Waals surface area contributed by atoms with E-state index in [0.29, 0.717) is 0 Å². The lowest BCUT2D eigenvalue weighted by Crippen LogP contribution is -2.50. The van der Waals surface area contributed by atoms with Crippen LogP contribution in [0.5, 0.6) is 0 Å². The number of ketones is 2. The average molecular weight is 613 g/mol. The molecule has 0 spiro atoms. The lowest BCUT2D eigenvalue weighted by Gasteiger charge is -2.37. The Bertz CT molecular complexity index is 1720. The molecule has 1 aromatic carbocycles. The molecule has 0 aliphatic heterocycles. The Morgan fingerprint density at radius 1 is 0.816 bits per heavy atom. The molecule has 2 aliphatic carbocycles. The highest BCUT2D eigenvalue weighted by Crippen LogP contribution is 2.43. The zero-order valence-corrected chi connectivity index (χ0v) is 23.5. The molecule has 0 fully saturated rings. The topological polar surface area (TPSA) is 218 Å². The maximum Gasteiger partial charge on any atom is 0.349 e. The number of benzene rings is 1. The van der Waals surface area contributed by atoms with Crippen molar-refractivity contribution in [3.8, 4) is 0 Å². The van der Waals surface area contributed by atoms with Crippen LogP contribution in [0.4, 0.5) is 0 Å². The second kappa shape index (κ2) is 9.70. The molecule has 0 heterocycles. The lowest BCUT2D eigenvalue weighted by molar-refractivity contribution is 0.0972. The van der Waals surface area contributed by atoms with Gasteiger partial charge in [-0.15, -0.1) is 0 Å². The van der Waals surface area contributed by atoms with E-state index in [1.54, 1.807) is 0 Å². The minimum atomic E-state index is -5.21. The number of carbonyl (C=O) groups is 2. The number of rotatable bonds is 9. The van der Waals surface area contributed by atoms with Gasteiger partial charge in [-0.2, -0.15) is 16.8 Å². The van der Waals surface area contributed by atoms with Crippen molar-refractivity contribution in [2.45, 2.75) is 43.3 Å². The van der Waals surface area contributed by atoms with E-state index >= 15 is 0 Å². The molecule has 0 radical (unpaired) electrons. The highest BCUT2D eigenvalue weighted by molar-refractivity contribution is 8.02. The second-order valence-corrected chi connectivity index (χ2v) is 15.5.